The number of anilines is 1. The number of nitrogens with one attached hydrogen (secondary N) is 1. The van der Waals surface area contributed by atoms with Crippen LogP contribution >= 0.6 is 15.9 Å². The lowest BCUT2D eigenvalue weighted by molar-refractivity contribution is 0.102. The van der Waals surface area contributed by atoms with E-state index in [0.29, 0.717) is 22.3 Å². The largest absolute Gasteiger partial charge is 0.508 e. The molecule has 1 aromatic heterocycles. The fraction of sp³-hybridized carbons (Fsp3) is 0. The zero-order chi connectivity index (χ0) is 22.9. The summed E-state index contributed by atoms with van der Waals surface area (Å²) in [7, 11) is -3.85. The first-order chi connectivity index (χ1) is 15.2. The lowest BCUT2D eigenvalue weighted by Gasteiger charge is -2.08. The SMILES string of the molecule is NS(=O)(=O)c1ccc(N=c2oc3cc(O)ccc3cc2C(=O)Nc2cccc(Br)c2)cc1. The minimum absolute atomic E-state index is 0.00366. The van der Waals surface area contributed by atoms with E-state index >= 15 is 0 Å². The second kappa shape index (κ2) is 8.58. The number of nitrogens with zero attached hydrogens (tertiary/aromatic N) is 1. The maximum Gasteiger partial charge on any atom is 0.261 e. The summed E-state index contributed by atoms with van der Waals surface area (Å²) in [6.45, 7) is 0. The van der Waals surface area contributed by atoms with Gasteiger partial charge in [0.2, 0.25) is 15.6 Å². The number of nitrogens with two attached hydrogens (primary N) is 1. The van der Waals surface area contributed by atoms with Crippen LogP contribution in [0.25, 0.3) is 11.0 Å². The van der Waals surface area contributed by atoms with E-state index in [4.69, 9.17) is 9.56 Å². The van der Waals surface area contributed by atoms with Crippen LogP contribution in [0.3, 0.4) is 0 Å². The van der Waals surface area contributed by atoms with Crippen LogP contribution in [-0.4, -0.2) is 19.4 Å². The Morgan fingerprint density at radius 3 is 2.47 bits per heavy atom. The van der Waals surface area contributed by atoms with Crippen LogP contribution in [0, 0.1) is 0 Å². The van der Waals surface area contributed by atoms with E-state index in [9.17, 15) is 18.3 Å². The van der Waals surface area contributed by atoms with Crippen LogP contribution in [0.2, 0.25) is 0 Å². The molecular weight excluding hydrogens is 498 g/mol. The third-order valence-corrected chi connectivity index (χ3v) is 5.88. The molecule has 162 valence electrons. The van der Waals surface area contributed by atoms with Gasteiger partial charge in [-0.3, -0.25) is 4.79 Å². The molecule has 0 fully saturated rings. The topological polar surface area (TPSA) is 135 Å². The van der Waals surface area contributed by atoms with Crippen LogP contribution in [0.15, 0.2) is 91.6 Å². The quantitative estimate of drug-likeness (QED) is 0.378. The second-order valence-corrected chi connectivity index (χ2v) is 9.28. The summed E-state index contributed by atoms with van der Waals surface area (Å²) >= 11 is 3.36. The van der Waals surface area contributed by atoms with E-state index < -0.39 is 15.9 Å². The number of phenols is 1. The first kappa shape index (κ1) is 21.8. The molecule has 4 rings (SSSR count). The van der Waals surface area contributed by atoms with E-state index in [1.165, 1.54) is 36.4 Å². The van der Waals surface area contributed by atoms with Gasteiger partial charge in [0.05, 0.1) is 10.6 Å². The zero-order valence-electron chi connectivity index (χ0n) is 16.3. The van der Waals surface area contributed by atoms with E-state index in [2.05, 4.69) is 26.2 Å². The molecule has 0 aliphatic carbocycles. The second-order valence-electron chi connectivity index (χ2n) is 6.80. The van der Waals surface area contributed by atoms with Crippen LogP contribution in [0.1, 0.15) is 10.4 Å². The number of hydrogen-bond acceptors (Lipinski definition) is 6. The van der Waals surface area contributed by atoms with Crippen molar-refractivity contribution in [1.82, 2.24) is 0 Å². The van der Waals surface area contributed by atoms with Crippen molar-refractivity contribution in [2.24, 2.45) is 10.1 Å². The Balaban J connectivity index is 1.84. The van der Waals surface area contributed by atoms with Crippen molar-refractivity contribution in [3.05, 3.63) is 88.4 Å². The molecule has 32 heavy (non-hydrogen) atoms. The molecule has 0 radical (unpaired) electrons. The predicted molar refractivity (Wildman–Crippen MR) is 123 cm³/mol. The number of primary sulfonamides is 1. The Morgan fingerprint density at radius 2 is 1.78 bits per heavy atom. The number of phenolic OH excluding ortho intramolecular Hbond substituents is 1. The number of amides is 1. The fourth-order valence-electron chi connectivity index (χ4n) is 2.95. The number of aromatic hydroxyl groups is 1. The number of fused-ring (bicyclic) bond motifs is 1. The van der Waals surface area contributed by atoms with E-state index in [0.717, 1.165) is 4.47 Å². The number of halogens is 1. The first-order valence-corrected chi connectivity index (χ1v) is 11.5. The Labute approximate surface area is 191 Å². The molecule has 8 nitrogen and oxygen atoms in total. The molecule has 4 N–H and O–H groups in total. The standard InChI is InChI=1S/C22H16BrN3O5S/c23-14-2-1-3-16(11-14)25-21(28)19-10-13-4-7-17(27)12-20(13)31-22(19)26-15-5-8-18(9-6-15)32(24,29)30/h1-12,27H,(H,25,28)(H2,24,29,30). The summed E-state index contributed by atoms with van der Waals surface area (Å²) < 4.78 is 29.6. The molecule has 0 aliphatic rings. The van der Waals surface area contributed by atoms with Gasteiger partial charge in [-0.2, -0.15) is 0 Å². The first-order valence-electron chi connectivity index (χ1n) is 9.20. The molecule has 0 atom stereocenters. The van der Waals surface area contributed by atoms with Crippen LogP contribution in [0.5, 0.6) is 5.75 Å². The number of carbonyl (C=O) groups excluding carboxylic acids is 1. The van der Waals surface area contributed by atoms with Crippen molar-refractivity contribution < 1.29 is 22.7 Å². The van der Waals surface area contributed by atoms with Gasteiger partial charge in [0, 0.05) is 21.6 Å². The van der Waals surface area contributed by atoms with Crippen molar-refractivity contribution in [3.8, 4) is 5.75 Å². The zero-order valence-corrected chi connectivity index (χ0v) is 18.7. The molecule has 4 aromatic rings. The average Bonchev–Trinajstić information content (AvgIpc) is 2.73. The van der Waals surface area contributed by atoms with Gasteiger partial charge in [0.15, 0.2) is 0 Å². The van der Waals surface area contributed by atoms with Gasteiger partial charge in [-0.15, -0.1) is 0 Å². The van der Waals surface area contributed by atoms with E-state index in [-0.39, 0.29) is 21.8 Å². The lowest BCUT2D eigenvalue weighted by Crippen LogP contribution is -2.21. The van der Waals surface area contributed by atoms with Gasteiger partial charge in [0.25, 0.3) is 5.91 Å². The van der Waals surface area contributed by atoms with Crippen LogP contribution < -0.4 is 16.0 Å². The van der Waals surface area contributed by atoms with Crippen molar-refractivity contribution >= 4 is 54.2 Å². The molecule has 10 heteroatoms. The van der Waals surface area contributed by atoms with Crippen LogP contribution in [0.4, 0.5) is 11.4 Å². The molecule has 0 spiro atoms. The van der Waals surface area contributed by atoms with E-state index in [1.54, 1.807) is 30.3 Å². The highest BCUT2D eigenvalue weighted by Crippen LogP contribution is 2.22. The van der Waals surface area contributed by atoms with Crippen molar-refractivity contribution in [2.45, 2.75) is 4.90 Å². The Morgan fingerprint density at radius 1 is 1.03 bits per heavy atom. The summed E-state index contributed by atoms with van der Waals surface area (Å²) in [4.78, 5) is 17.3. The summed E-state index contributed by atoms with van der Waals surface area (Å²) in [6.07, 6.45) is 0. The number of sulfonamides is 1. The molecule has 3 aromatic carbocycles. The predicted octanol–water partition coefficient (Wildman–Crippen LogP) is 4.03. The number of rotatable bonds is 4. The highest BCUT2D eigenvalue weighted by molar-refractivity contribution is 9.10. The van der Waals surface area contributed by atoms with Gasteiger partial charge in [-0.05, 0) is 60.7 Å². The van der Waals surface area contributed by atoms with E-state index in [1.807, 2.05) is 6.07 Å². The Bertz CT molecular complexity index is 1510. The van der Waals surface area contributed by atoms with Gasteiger partial charge in [-0.25, -0.2) is 18.5 Å². The summed E-state index contributed by atoms with van der Waals surface area (Å²) in [5.74, 6) is -0.460. The van der Waals surface area contributed by atoms with Crippen molar-refractivity contribution in [2.75, 3.05) is 5.32 Å². The molecule has 0 bridgehead atoms. The third-order valence-electron chi connectivity index (χ3n) is 4.46. The van der Waals surface area contributed by atoms with Crippen molar-refractivity contribution in [3.63, 3.8) is 0 Å². The Hall–Kier alpha value is -3.47. The number of hydrogen-bond donors (Lipinski definition) is 3. The highest BCUT2D eigenvalue weighted by Gasteiger charge is 2.14. The number of carbonyl (C=O) groups is 1. The summed E-state index contributed by atoms with van der Waals surface area (Å²) in [5, 5.41) is 18.3. The summed E-state index contributed by atoms with van der Waals surface area (Å²) in [5.41, 5.74) is 1.37. The normalized spacial score (nSPS) is 12.1. The third kappa shape index (κ3) is 4.88. The maximum atomic E-state index is 13.0. The minimum atomic E-state index is -3.85. The van der Waals surface area contributed by atoms with Crippen molar-refractivity contribution in [1.29, 1.82) is 0 Å². The molecule has 0 saturated carbocycles. The van der Waals surface area contributed by atoms with Gasteiger partial charge < -0.3 is 14.8 Å². The molecule has 0 unspecified atom stereocenters. The summed E-state index contributed by atoms with van der Waals surface area (Å²) in [6, 6.07) is 18.7. The maximum absolute atomic E-state index is 13.0. The molecule has 1 heterocycles. The Kier molecular flexibility index (Phi) is 5.83. The van der Waals surface area contributed by atoms with Gasteiger partial charge in [0.1, 0.15) is 16.9 Å². The highest BCUT2D eigenvalue weighted by atomic mass is 79.9. The molecule has 0 saturated heterocycles. The lowest BCUT2D eigenvalue weighted by atomic mass is 10.1. The molecular formula is C22H16BrN3O5S. The number of benzene rings is 3. The minimum Gasteiger partial charge on any atom is -0.508 e. The van der Waals surface area contributed by atoms with Crippen LogP contribution in [-0.2, 0) is 10.0 Å². The van der Waals surface area contributed by atoms with Gasteiger partial charge in [-0.1, -0.05) is 22.0 Å². The molecule has 1 amide bonds. The van der Waals surface area contributed by atoms with Gasteiger partial charge >= 0.3 is 0 Å². The average molecular weight is 514 g/mol. The smallest absolute Gasteiger partial charge is 0.261 e. The monoisotopic (exact) mass is 513 g/mol. The molecule has 0 aliphatic heterocycles. The fourth-order valence-corrected chi connectivity index (χ4v) is 3.86.